The molecule has 2 aliphatic carbocycles. The van der Waals surface area contributed by atoms with E-state index in [-0.39, 0.29) is 0 Å². The van der Waals surface area contributed by atoms with E-state index in [9.17, 15) is 8.78 Å². The summed E-state index contributed by atoms with van der Waals surface area (Å²) in [7, 11) is 0. The van der Waals surface area contributed by atoms with Crippen molar-refractivity contribution in [3.8, 4) is 11.1 Å². The molecule has 0 heterocycles. The molecule has 2 heteroatoms. The van der Waals surface area contributed by atoms with E-state index in [4.69, 9.17) is 0 Å². The van der Waals surface area contributed by atoms with Gasteiger partial charge in [0.15, 0.2) is 11.6 Å². The van der Waals surface area contributed by atoms with Crippen molar-refractivity contribution in [2.45, 2.75) is 103 Å². The molecule has 0 radical (unpaired) electrons. The van der Waals surface area contributed by atoms with E-state index in [0.717, 1.165) is 29.7 Å². The SMILES string of the molecule is C=CCCC1CCC(CCC2CCC(c3ccc(-c4ccc(CCC)c(F)c4F)cc3)CC2)CC1. The third-order valence-electron chi connectivity index (χ3n) is 8.95. The highest BCUT2D eigenvalue weighted by Crippen LogP contribution is 2.40. The summed E-state index contributed by atoms with van der Waals surface area (Å²) in [6.07, 6.45) is 19.7. The molecule has 4 rings (SSSR count). The maximum Gasteiger partial charge on any atom is 0.166 e. The summed E-state index contributed by atoms with van der Waals surface area (Å²) in [5.74, 6) is 2.00. The second kappa shape index (κ2) is 12.8. The molecule has 2 aliphatic rings. The van der Waals surface area contributed by atoms with Gasteiger partial charge < -0.3 is 0 Å². The Morgan fingerprint density at radius 3 is 1.89 bits per heavy atom. The van der Waals surface area contributed by atoms with Crippen LogP contribution in [0.25, 0.3) is 11.1 Å². The smallest absolute Gasteiger partial charge is 0.166 e. The fourth-order valence-corrected chi connectivity index (χ4v) is 6.63. The molecule has 0 spiro atoms. The summed E-state index contributed by atoms with van der Waals surface area (Å²) in [5.41, 5.74) is 2.96. The first kappa shape index (κ1) is 26.1. The maximum absolute atomic E-state index is 14.7. The van der Waals surface area contributed by atoms with Gasteiger partial charge in [0.2, 0.25) is 0 Å². The number of aryl methyl sites for hydroxylation is 1. The molecule has 0 atom stereocenters. The van der Waals surface area contributed by atoms with Crippen molar-refractivity contribution in [3.05, 3.63) is 71.8 Å². The lowest BCUT2D eigenvalue weighted by Crippen LogP contribution is -2.17. The third kappa shape index (κ3) is 6.83. The van der Waals surface area contributed by atoms with Crippen LogP contribution in [0.5, 0.6) is 0 Å². The molecule has 0 N–H and O–H groups in total. The van der Waals surface area contributed by atoms with Gasteiger partial charge in [-0.25, -0.2) is 8.78 Å². The highest BCUT2D eigenvalue weighted by Gasteiger charge is 2.25. The van der Waals surface area contributed by atoms with Crippen molar-refractivity contribution in [1.29, 1.82) is 0 Å². The molecule has 0 aromatic heterocycles. The van der Waals surface area contributed by atoms with E-state index in [1.807, 2.05) is 19.1 Å². The minimum absolute atomic E-state index is 0.368. The molecule has 0 aliphatic heterocycles. The second-order valence-electron chi connectivity index (χ2n) is 11.3. The van der Waals surface area contributed by atoms with Crippen LogP contribution in [0.3, 0.4) is 0 Å². The predicted octanol–water partition coefficient (Wildman–Crippen LogP) is 10.4. The van der Waals surface area contributed by atoms with E-state index >= 15 is 0 Å². The van der Waals surface area contributed by atoms with Crippen LogP contribution in [-0.4, -0.2) is 0 Å². The number of allylic oxidation sites excluding steroid dienone is 1. The summed E-state index contributed by atoms with van der Waals surface area (Å²) in [6.45, 7) is 5.85. The topological polar surface area (TPSA) is 0 Å². The lowest BCUT2D eigenvalue weighted by atomic mass is 9.74. The van der Waals surface area contributed by atoms with E-state index in [0.29, 0.717) is 23.5 Å². The zero-order valence-electron chi connectivity index (χ0n) is 21.7. The van der Waals surface area contributed by atoms with E-state index < -0.39 is 11.6 Å². The number of rotatable bonds is 10. The Balaban J connectivity index is 1.24. The molecular weight excluding hydrogens is 434 g/mol. The first-order valence-corrected chi connectivity index (χ1v) is 14.3. The largest absolute Gasteiger partial charge is 0.203 e. The van der Waals surface area contributed by atoms with Crippen LogP contribution in [0.15, 0.2) is 49.1 Å². The van der Waals surface area contributed by atoms with Gasteiger partial charge in [0, 0.05) is 5.56 Å². The van der Waals surface area contributed by atoms with Gasteiger partial charge in [-0.15, -0.1) is 6.58 Å². The Morgan fingerprint density at radius 1 is 0.743 bits per heavy atom. The summed E-state index contributed by atoms with van der Waals surface area (Å²) in [4.78, 5) is 0. The number of benzene rings is 2. The van der Waals surface area contributed by atoms with Crippen LogP contribution in [0, 0.1) is 29.4 Å². The predicted molar refractivity (Wildman–Crippen MR) is 145 cm³/mol. The molecule has 190 valence electrons. The lowest BCUT2D eigenvalue weighted by Gasteiger charge is -2.32. The van der Waals surface area contributed by atoms with Crippen molar-refractivity contribution in [1.82, 2.24) is 0 Å². The quantitative estimate of drug-likeness (QED) is 0.298. The van der Waals surface area contributed by atoms with Crippen LogP contribution in [0.4, 0.5) is 8.78 Å². The Labute approximate surface area is 212 Å². The first-order chi connectivity index (χ1) is 17.1. The zero-order chi connectivity index (χ0) is 24.6. The van der Waals surface area contributed by atoms with Gasteiger partial charge >= 0.3 is 0 Å². The van der Waals surface area contributed by atoms with Crippen LogP contribution in [0.2, 0.25) is 0 Å². The van der Waals surface area contributed by atoms with Crippen molar-refractivity contribution in [2.75, 3.05) is 0 Å². The van der Waals surface area contributed by atoms with Gasteiger partial charge in [0.05, 0.1) is 0 Å². The van der Waals surface area contributed by atoms with Crippen molar-refractivity contribution in [3.63, 3.8) is 0 Å². The molecule has 0 bridgehead atoms. The van der Waals surface area contributed by atoms with Crippen molar-refractivity contribution < 1.29 is 8.78 Å². The number of halogens is 2. The number of hydrogen-bond acceptors (Lipinski definition) is 0. The van der Waals surface area contributed by atoms with Crippen LogP contribution in [-0.2, 0) is 6.42 Å². The third-order valence-corrected chi connectivity index (χ3v) is 8.95. The standard InChI is InChI=1S/C33H44F2/c1-3-5-7-24-8-10-25(11-9-24)12-13-26-14-16-27(17-15-26)28-18-20-29(21-19-28)31-23-22-30(6-4-2)32(34)33(31)35/h3,18-27H,1,4-17H2,2H3. The van der Waals surface area contributed by atoms with E-state index in [1.165, 1.54) is 82.6 Å². The van der Waals surface area contributed by atoms with Crippen LogP contribution < -0.4 is 0 Å². The van der Waals surface area contributed by atoms with Crippen LogP contribution in [0.1, 0.15) is 107 Å². The molecule has 2 saturated carbocycles. The van der Waals surface area contributed by atoms with E-state index in [2.05, 4.69) is 24.8 Å². The minimum atomic E-state index is -0.713. The van der Waals surface area contributed by atoms with Gasteiger partial charge in [-0.05, 0) is 85.3 Å². The molecule has 2 aromatic carbocycles. The lowest BCUT2D eigenvalue weighted by molar-refractivity contribution is 0.225. The van der Waals surface area contributed by atoms with Gasteiger partial charge in [-0.2, -0.15) is 0 Å². The summed E-state index contributed by atoms with van der Waals surface area (Å²) < 4.78 is 29.1. The molecule has 0 amide bonds. The molecule has 0 nitrogen and oxygen atoms in total. The second-order valence-corrected chi connectivity index (χ2v) is 11.3. The van der Waals surface area contributed by atoms with Crippen molar-refractivity contribution >= 4 is 0 Å². The first-order valence-electron chi connectivity index (χ1n) is 14.3. The van der Waals surface area contributed by atoms with Crippen molar-refractivity contribution in [2.24, 2.45) is 17.8 Å². The number of hydrogen-bond donors (Lipinski definition) is 0. The summed E-state index contributed by atoms with van der Waals surface area (Å²) >= 11 is 0. The fraction of sp³-hybridized carbons (Fsp3) is 0.576. The van der Waals surface area contributed by atoms with Crippen LogP contribution >= 0.6 is 0 Å². The highest BCUT2D eigenvalue weighted by atomic mass is 19.2. The molecule has 0 saturated heterocycles. The van der Waals surface area contributed by atoms with E-state index in [1.54, 1.807) is 12.1 Å². The maximum atomic E-state index is 14.7. The average Bonchev–Trinajstić information content (AvgIpc) is 2.90. The monoisotopic (exact) mass is 478 g/mol. The minimum Gasteiger partial charge on any atom is -0.203 e. The highest BCUT2D eigenvalue weighted by molar-refractivity contribution is 5.65. The Hall–Kier alpha value is -1.96. The Kier molecular flexibility index (Phi) is 9.58. The van der Waals surface area contributed by atoms with Gasteiger partial charge in [0.25, 0.3) is 0 Å². The van der Waals surface area contributed by atoms with Gasteiger partial charge in [-0.1, -0.05) is 94.3 Å². The summed E-state index contributed by atoms with van der Waals surface area (Å²) in [5, 5.41) is 0. The van der Waals surface area contributed by atoms with Gasteiger partial charge in [0.1, 0.15) is 0 Å². The van der Waals surface area contributed by atoms with Gasteiger partial charge in [-0.3, -0.25) is 0 Å². The molecule has 2 aromatic rings. The molecule has 0 unspecified atom stereocenters. The fourth-order valence-electron chi connectivity index (χ4n) is 6.63. The molecular formula is C33H44F2. The normalized spacial score (nSPS) is 24.9. The Morgan fingerprint density at radius 2 is 1.31 bits per heavy atom. The molecule has 2 fully saturated rings. The Bertz CT molecular complexity index is 928. The summed E-state index contributed by atoms with van der Waals surface area (Å²) in [6, 6.07) is 11.7. The zero-order valence-corrected chi connectivity index (χ0v) is 21.7. The average molecular weight is 479 g/mol. The molecule has 35 heavy (non-hydrogen) atoms.